The molecule has 5 rings (SSSR count). The van der Waals surface area contributed by atoms with Gasteiger partial charge in [0.15, 0.2) is 0 Å². The van der Waals surface area contributed by atoms with E-state index in [1.165, 1.54) is 10.7 Å². The molecule has 1 aromatic carbocycles. The van der Waals surface area contributed by atoms with Crippen LogP contribution in [0.25, 0.3) is 0 Å². The Balaban J connectivity index is 1.24. The number of amides is 1. The molecule has 0 aromatic heterocycles. The Hall–Kier alpha value is -1.44. The van der Waals surface area contributed by atoms with Crippen molar-refractivity contribution in [3.63, 3.8) is 0 Å². The number of hydrogen-bond acceptors (Lipinski definition) is 4. The lowest BCUT2D eigenvalue weighted by Gasteiger charge is -2.39. The van der Waals surface area contributed by atoms with E-state index in [4.69, 9.17) is 0 Å². The first-order valence-corrected chi connectivity index (χ1v) is 13.3. The predicted molar refractivity (Wildman–Crippen MR) is 118 cm³/mol. The minimum atomic E-state index is -3.50. The highest BCUT2D eigenvalue weighted by molar-refractivity contribution is 7.89. The standard InChI is InChI=1S/C24H34N2O4S/c1-25(22-8-7-17-13-19-15-24(28,14-17)16-21(19)22)23(27)18-9-11-26(12-10-18)31(29,30)20-5-3-2-4-6-20/h2-6,17-19,21-22,28H,7-16H2,1H3/t17-,19+,21?,22?,24?/m0/s1. The molecule has 1 saturated heterocycles. The lowest BCUT2D eigenvalue weighted by atomic mass is 9.77. The molecule has 1 amide bonds. The van der Waals surface area contributed by atoms with Crippen molar-refractivity contribution >= 4 is 15.9 Å². The second kappa shape index (κ2) is 7.85. The third-order valence-corrected chi connectivity index (χ3v) is 10.5. The van der Waals surface area contributed by atoms with E-state index in [0.29, 0.717) is 48.6 Å². The highest BCUT2D eigenvalue weighted by atomic mass is 32.2. The molecule has 3 unspecified atom stereocenters. The summed E-state index contributed by atoms with van der Waals surface area (Å²) >= 11 is 0. The van der Waals surface area contributed by atoms with Crippen molar-refractivity contribution < 1.29 is 18.3 Å². The summed E-state index contributed by atoms with van der Waals surface area (Å²) < 4.78 is 27.3. The zero-order valence-electron chi connectivity index (χ0n) is 18.3. The zero-order valence-corrected chi connectivity index (χ0v) is 19.1. The van der Waals surface area contributed by atoms with Crippen molar-refractivity contribution in [1.82, 2.24) is 9.21 Å². The summed E-state index contributed by atoms with van der Waals surface area (Å²) in [4.78, 5) is 15.7. The lowest BCUT2D eigenvalue weighted by Crippen LogP contribution is -2.48. The van der Waals surface area contributed by atoms with Gasteiger partial charge in [0.2, 0.25) is 15.9 Å². The number of fused-ring (bicyclic) bond motifs is 2. The number of carbonyl (C=O) groups excluding carboxylic acids is 1. The average molecular weight is 447 g/mol. The van der Waals surface area contributed by atoms with E-state index in [-0.39, 0.29) is 17.9 Å². The maximum absolute atomic E-state index is 13.4. The fourth-order valence-electron chi connectivity index (χ4n) is 7.11. The van der Waals surface area contributed by atoms with Gasteiger partial charge in [-0.15, -0.1) is 0 Å². The van der Waals surface area contributed by atoms with Crippen LogP contribution in [0.1, 0.15) is 51.4 Å². The van der Waals surface area contributed by atoms with Crippen molar-refractivity contribution in [2.24, 2.45) is 23.7 Å². The number of benzene rings is 1. The summed E-state index contributed by atoms with van der Waals surface area (Å²) in [6, 6.07) is 8.75. The van der Waals surface area contributed by atoms with Gasteiger partial charge >= 0.3 is 0 Å². The molecule has 170 valence electrons. The fourth-order valence-corrected chi connectivity index (χ4v) is 8.60. The van der Waals surface area contributed by atoms with Gasteiger partial charge in [-0.25, -0.2) is 8.42 Å². The van der Waals surface area contributed by atoms with Crippen molar-refractivity contribution in [3.8, 4) is 0 Å². The third kappa shape index (κ3) is 3.83. The molecule has 3 saturated carbocycles. The number of sulfonamides is 1. The Morgan fingerprint density at radius 1 is 1.06 bits per heavy atom. The first-order chi connectivity index (χ1) is 14.8. The minimum absolute atomic E-state index is 0.118. The highest BCUT2D eigenvalue weighted by Crippen LogP contribution is 2.56. The number of hydrogen-bond donors (Lipinski definition) is 1. The molecule has 6 nitrogen and oxygen atoms in total. The van der Waals surface area contributed by atoms with E-state index in [0.717, 1.165) is 32.1 Å². The molecule has 0 spiro atoms. The normalized spacial score (nSPS) is 36.3. The summed E-state index contributed by atoms with van der Waals surface area (Å²) in [5, 5.41) is 10.9. The van der Waals surface area contributed by atoms with Crippen LogP contribution in [0.15, 0.2) is 35.2 Å². The van der Waals surface area contributed by atoms with Crippen LogP contribution in [0, 0.1) is 23.7 Å². The van der Waals surface area contributed by atoms with Gasteiger partial charge in [0.05, 0.1) is 10.5 Å². The van der Waals surface area contributed by atoms with E-state index >= 15 is 0 Å². The first kappa shape index (κ1) is 21.4. The smallest absolute Gasteiger partial charge is 0.243 e. The Bertz CT molecular complexity index is 928. The quantitative estimate of drug-likeness (QED) is 0.772. The van der Waals surface area contributed by atoms with Gasteiger partial charge in [-0.05, 0) is 81.3 Å². The van der Waals surface area contributed by atoms with Crippen LogP contribution in [0.5, 0.6) is 0 Å². The van der Waals surface area contributed by atoms with E-state index in [1.54, 1.807) is 24.3 Å². The van der Waals surface area contributed by atoms with E-state index in [9.17, 15) is 18.3 Å². The summed E-state index contributed by atoms with van der Waals surface area (Å²) in [7, 11) is -1.56. The molecule has 1 heterocycles. The molecule has 5 atom stereocenters. The summed E-state index contributed by atoms with van der Waals surface area (Å²) in [5.74, 6) is 1.60. The van der Waals surface area contributed by atoms with Crippen molar-refractivity contribution in [2.75, 3.05) is 20.1 Å². The maximum atomic E-state index is 13.4. The number of rotatable bonds is 4. The van der Waals surface area contributed by atoms with Gasteiger partial charge in [-0.1, -0.05) is 18.2 Å². The molecular weight excluding hydrogens is 412 g/mol. The number of carbonyl (C=O) groups is 1. The molecular formula is C24H34N2O4S. The van der Waals surface area contributed by atoms with Gasteiger partial charge in [0, 0.05) is 32.1 Å². The minimum Gasteiger partial charge on any atom is -0.390 e. The second-order valence-corrected chi connectivity index (χ2v) is 12.4. The fraction of sp³-hybridized carbons (Fsp3) is 0.708. The largest absolute Gasteiger partial charge is 0.390 e. The number of piperidine rings is 1. The van der Waals surface area contributed by atoms with E-state index < -0.39 is 15.6 Å². The lowest BCUT2D eigenvalue weighted by molar-refractivity contribution is -0.139. The molecule has 4 aliphatic rings. The van der Waals surface area contributed by atoms with Crippen LogP contribution >= 0.6 is 0 Å². The number of nitrogens with zero attached hydrogens (tertiary/aromatic N) is 2. The Labute approximate surface area is 185 Å². The molecule has 1 aliphatic heterocycles. The predicted octanol–water partition coefficient (Wildman–Crippen LogP) is 2.88. The Morgan fingerprint density at radius 2 is 1.77 bits per heavy atom. The van der Waals surface area contributed by atoms with Gasteiger partial charge < -0.3 is 10.0 Å². The molecule has 1 N–H and O–H groups in total. The molecule has 7 heteroatoms. The summed E-state index contributed by atoms with van der Waals surface area (Å²) in [6.45, 7) is 0.778. The third-order valence-electron chi connectivity index (χ3n) is 8.56. The Morgan fingerprint density at radius 3 is 2.48 bits per heavy atom. The average Bonchev–Trinajstić information content (AvgIpc) is 2.93. The number of aliphatic hydroxyl groups is 1. The first-order valence-electron chi connectivity index (χ1n) is 11.8. The SMILES string of the molecule is CN(C(=O)C1CCN(S(=O)(=O)c2ccccc2)CC1)C1CC[C@H]2C[C@@H]3CC(O)(CC13)C2. The summed E-state index contributed by atoms with van der Waals surface area (Å²) in [5.41, 5.74) is -0.502. The van der Waals surface area contributed by atoms with Crippen LogP contribution in [0.2, 0.25) is 0 Å². The topological polar surface area (TPSA) is 77.9 Å². The van der Waals surface area contributed by atoms with Crippen molar-refractivity contribution in [2.45, 2.75) is 67.9 Å². The summed E-state index contributed by atoms with van der Waals surface area (Å²) in [6.07, 6.45) is 7.18. The molecule has 4 fully saturated rings. The molecule has 3 aliphatic carbocycles. The van der Waals surface area contributed by atoms with Crippen LogP contribution < -0.4 is 0 Å². The second-order valence-electron chi connectivity index (χ2n) is 10.4. The van der Waals surface area contributed by atoms with Gasteiger partial charge in [0.25, 0.3) is 0 Å². The molecule has 31 heavy (non-hydrogen) atoms. The van der Waals surface area contributed by atoms with Crippen LogP contribution in [-0.4, -0.2) is 60.4 Å². The molecule has 3 bridgehead atoms. The van der Waals surface area contributed by atoms with Gasteiger partial charge in [-0.3, -0.25) is 4.79 Å². The van der Waals surface area contributed by atoms with E-state index in [2.05, 4.69) is 0 Å². The van der Waals surface area contributed by atoms with Crippen LogP contribution in [-0.2, 0) is 14.8 Å². The maximum Gasteiger partial charge on any atom is 0.243 e. The van der Waals surface area contributed by atoms with E-state index in [1.807, 2.05) is 18.0 Å². The molecule has 0 radical (unpaired) electrons. The van der Waals surface area contributed by atoms with Gasteiger partial charge in [0.1, 0.15) is 0 Å². The Kier molecular flexibility index (Phi) is 5.42. The van der Waals surface area contributed by atoms with Crippen LogP contribution in [0.3, 0.4) is 0 Å². The zero-order chi connectivity index (χ0) is 21.8. The van der Waals surface area contributed by atoms with Crippen molar-refractivity contribution in [1.29, 1.82) is 0 Å². The molecule has 1 aromatic rings. The van der Waals surface area contributed by atoms with Crippen LogP contribution in [0.4, 0.5) is 0 Å². The monoisotopic (exact) mass is 446 g/mol. The van der Waals surface area contributed by atoms with Gasteiger partial charge in [-0.2, -0.15) is 4.31 Å². The van der Waals surface area contributed by atoms with Crippen molar-refractivity contribution in [3.05, 3.63) is 30.3 Å². The highest BCUT2D eigenvalue weighted by Gasteiger charge is 2.54.